The minimum absolute atomic E-state index is 0.0842. The van der Waals surface area contributed by atoms with E-state index in [1.165, 1.54) is 12.8 Å². The molecular formula is C20H26N2O3. The molecule has 1 aliphatic heterocycles. The van der Waals surface area contributed by atoms with E-state index < -0.39 is 0 Å². The molecule has 1 saturated heterocycles. The quantitative estimate of drug-likeness (QED) is 0.796. The Morgan fingerprint density at radius 2 is 2.12 bits per heavy atom. The number of nitrogens with one attached hydrogen (secondary N) is 1. The Morgan fingerprint density at radius 1 is 1.28 bits per heavy atom. The van der Waals surface area contributed by atoms with Gasteiger partial charge in [0.05, 0.1) is 18.9 Å². The molecular weight excluding hydrogens is 316 g/mol. The maximum atomic E-state index is 12.5. The van der Waals surface area contributed by atoms with Crippen LogP contribution in [0.1, 0.15) is 48.3 Å². The van der Waals surface area contributed by atoms with Gasteiger partial charge in [0, 0.05) is 12.1 Å². The van der Waals surface area contributed by atoms with E-state index in [-0.39, 0.29) is 11.9 Å². The third-order valence-electron chi connectivity index (χ3n) is 4.48. The van der Waals surface area contributed by atoms with E-state index in [0.717, 1.165) is 31.0 Å². The van der Waals surface area contributed by atoms with Crippen LogP contribution in [0.25, 0.3) is 0 Å². The summed E-state index contributed by atoms with van der Waals surface area (Å²) in [7, 11) is 0. The third-order valence-corrected chi connectivity index (χ3v) is 4.48. The number of nitrogens with zero attached hydrogens (tertiary/aromatic N) is 1. The van der Waals surface area contributed by atoms with Crippen molar-refractivity contribution in [1.29, 1.82) is 0 Å². The molecule has 0 radical (unpaired) electrons. The van der Waals surface area contributed by atoms with Crippen molar-refractivity contribution in [1.82, 2.24) is 10.2 Å². The highest BCUT2D eigenvalue weighted by Crippen LogP contribution is 2.25. The molecule has 5 heteroatoms. The fourth-order valence-electron chi connectivity index (χ4n) is 3.18. The summed E-state index contributed by atoms with van der Waals surface area (Å²) in [5, 5.41) is 3.05. The number of hydrogen-bond acceptors (Lipinski definition) is 4. The van der Waals surface area contributed by atoms with Crippen LogP contribution >= 0.6 is 0 Å². The molecule has 1 aromatic heterocycles. The van der Waals surface area contributed by atoms with Gasteiger partial charge in [0.15, 0.2) is 0 Å². The summed E-state index contributed by atoms with van der Waals surface area (Å²) in [5.74, 6) is 1.55. The number of furan rings is 1. The average Bonchev–Trinajstić information content (AvgIpc) is 3.34. The van der Waals surface area contributed by atoms with Gasteiger partial charge in [0.1, 0.15) is 11.5 Å². The highest BCUT2D eigenvalue weighted by Gasteiger charge is 2.26. The second-order valence-electron chi connectivity index (χ2n) is 6.36. The number of likely N-dealkylation sites (tertiary alicyclic amines) is 1. The van der Waals surface area contributed by atoms with E-state index in [1.807, 2.05) is 30.3 Å². The summed E-state index contributed by atoms with van der Waals surface area (Å²) in [6.07, 6.45) is 5.02. The number of rotatable bonds is 8. The van der Waals surface area contributed by atoms with Crippen LogP contribution in [0.5, 0.6) is 5.75 Å². The van der Waals surface area contributed by atoms with Crippen LogP contribution in [0.4, 0.5) is 0 Å². The summed E-state index contributed by atoms with van der Waals surface area (Å²) in [6, 6.07) is 11.3. The first-order chi connectivity index (χ1) is 12.3. The lowest BCUT2D eigenvalue weighted by Crippen LogP contribution is -2.36. The predicted octanol–water partition coefficient (Wildman–Crippen LogP) is 3.64. The molecule has 25 heavy (non-hydrogen) atoms. The van der Waals surface area contributed by atoms with Gasteiger partial charge in [-0.2, -0.15) is 0 Å². The van der Waals surface area contributed by atoms with E-state index in [9.17, 15) is 4.79 Å². The smallest absolute Gasteiger partial charge is 0.251 e. The van der Waals surface area contributed by atoms with E-state index >= 15 is 0 Å². The second-order valence-corrected chi connectivity index (χ2v) is 6.36. The Bertz CT molecular complexity index is 663. The number of ether oxygens (including phenoxy) is 1. The lowest BCUT2D eigenvalue weighted by Gasteiger charge is -2.26. The molecule has 1 aliphatic rings. The van der Waals surface area contributed by atoms with Crippen molar-refractivity contribution in [2.45, 2.75) is 32.2 Å². The number of carbonyl (C=O) groups is 1. The Balaban J connectivity index is 1.63. The topological polar surface area (TPSA) is 54.7 Å². The van der Waals surface area contributed by atoms with Crippen LogP contribution in [0.15, 0.2) is 47.1 Å². The molecule has 2 aromatic rings. The Labute approximate surface area is 149 Å². The molecule has 1 atom stereocenters. The van der Waals surface area contributed by atoms with Gasteiger partial charge in [0.2, 0.25) is 0 Å². The van der Waals surface area contributed by atoms with Crippen LogP contribution in [0.3, 0.4) is 0 Å². The first kappa shape index (κ1) is 17.5. The van der Waals surface area contributed by atoms with Crippen LogP contribution in [0, 0.1) is 0 Å². The highest BCUT2D eigenvalue weighted by molar-refractivity contribution is 5.94. The maximum Gasteiger partial charge on any atom is 0.251 e. The van der Waals surface area contributed by atoms with Gasteiger partial charge in [0.25, 0.3) is 5.91 Å². The molecule has 5 nitrogen and oxygen atoms in total. The molecule has 2 heterocycles. The summed E-state index contributed by atoms with van der Waals surface area (Å²) < 4.78 is 11.2. The molecule has 0 aliphatic carbocycles. The van der Waals surface area contributed by atoms with Crippen molar-refractivity contribution >= 4 is 5.91 Å². The second kappa shape index (κ2) is 8.72. The van der Waals surface area contributed by atoms with Gasteiger partial charge in [-0.1, -0.05) is 13.0 Å². The van der Waals surface area contributed by atoms with Crippen LogP contribution < -0.4 is 10.1 Å². The normalized spacial score (nSPS) is 15.9. The molecule has 134 valence electrons. The highest BCUT2D eigenvalue weighted by atomic mass is 16.5. The predicted molar refractivity (Wildman–Crippen MR) is 96.8 cm³/mol. The van der Waals surface area contributed by atoms with E-state index in [1.54, 1.807) is 12.3 Å². The van der Waals surface area contributed by atoms with Crippen molar-refractivity contribution in [2.75, 3.05) is 26.2 Å². The molecule has 1 aromatic carbocycles. The lowest BCUT2D eigenvalue weighted by atomic mass is 10.1. The Kier molecular flexibility index (Phi) is 6.12. The molecule has 0 saturated carbocycles. The standard InChI is InChI=1S/C20H26N2O3/c1-2-12-24-17-8-5-7-16(14-17)20(23)21-15-18(19-9-6-13-25-19)22-10-3-4-11-22/h5-9,13-14,18H,2-4,10-12,15H2,1H3,(H,21,23)/t18-/m1/s1. The zero-order chi connectivity index (χ0) is 17.5. The first-order valence-corrected chi connectivity index (χ1v) is 9.06. The SMILES string of the molecule is CCCOc1cccc(C(=O)NC[C@H](c2ccco2)N2CCCC2)c1. The number of hydrogen-bond donors (Lipinski definition) is 1. The molecule has 0 spiro atoms. The van der Waals surface area contributed by atoms with Gasteiger partial charge >= 0.3 is 0 Å². The summed E-state index contributed by atoms with van der Waals surface area (Å²) >= 11 is 0. The molecule has 1 amide bonds. The minimum Gasteiger partial charge on any atom is -0.494 e. The molecule has 1 fully saturated rings. The first-order valence-electron chi connectivity index (χ1n) is 9.06. The third kappa shape index (κ3) is 4.63. The minimum atomic E-state index is -0.0855. The summed E-state index contributed by atoms with van der Waals surface area (Å²) in [6.45, 7) is 5.33. The zero-order valence-electron chi connectivity index (χ0n) is 14.7. The monoisotopic (exact) mass is 342 g/mol. The fourth-order valence-corrected chi connectivity index (χ4v) is 3.18. The van der Waals surface area contributed by atoms with Crippen molar-refractivity contribution in [2.24, 2.45) is 0 Å². The van der Waals surface area contributed by atoms with Crippen LogP contribution in [-0.4, -0.2) is 37.0 Å². The molecule has 3 rings (SSSR count). The van der Waals surface area contributed by atoms with E-state index in [4.69, 9.17) is 9.15 Å². The van der Waals surface area contributed by atoms with Gasteiger partial charge in [-0.25, -0.2) is 0 Å². The summed E-state index contributed by atoms with van der Waals surface area (Å²) in [4.78, 5) is 14.9. The Morgan fingerprint density at radius 3 is 2.84 bits per heavy atom. The number of benzene rings is 1. The zero-order valence-corrected chi connectivity index (χ0v) is 14.7. The van der Waals surface area contributed by atoms with Gasteiger partial charge in [-0.15, -0.1) is 0 Å². The molecule has 1 N–H and O–H groups in total. The summed E-state index contributed by atoms with van der Waals surface area (Å²) in [5.41, 5.74) is 0.619. The number of amides is 1. The van der Waals surface area contributed by atoms with Crippen molar-refractivity contribution in [3.63, 3.8) is 0 Å². The van der Waals surface area contributed by atoms with Crippen LogP contribution in [-0.2, 0) is 0 Å². The van der Waals surface area contributed by atoms with Crippen LogP contribution in [0.2, 0.25) is 0 Å². The molecule has 0 bridgehead atoms. The maximum absolute atomic E-state index is 12.5. The van der Waals surface area contributed by atoms with Crippen molar-refractivity contribution in [3.05, 3.63) is 54.0 Å². The van der Waals surface area contributed by atoms with Crippen molar-refractivity contribution in [3.8, 4) is 5.75 Å². The Hall–Kier alpha value is -2.27. The lowest BCUT2D eigenvalue weighted by molar-refractivity contribution is 0.0933. The van der Waals surface area contributed by atoms with Gasteiger partial charge in [-0.3, -0.25) is 9.69 Å². The van der Waals surface area contributed by atoms with Gasteiger partial charge < -0.3 is 14.5 Å². The average molecular weight is 342 g/mol. The largest absolute Gasteiger partial charge is 0.494 e. The van der Waals surface area contributed by atoms with Gasteiger partial charge in [-0.05, 0) is 62.7 Å². The number of carbonyl (C=O) groups excluding carboxylic acids is 1. The molecule has 0 unspecified atom stereocenters. The van der Waals surface area contributed by atoms with Crippen molar-refractivity contribution < 1.29 is 13.9 Å². The van der Waals surface area contributed by atoms with E-state index in [2.05, 4.69) is 17.1 Å². The fraction of sp³-hybridized carbons (Fsp3) is 0.450. The van der Waals surface area contributed by atoms with E-state index in [0.29, 0.717) is 18.7 Å².